The zero-order chi connectivity index (χ0) is 13.2. The van der Waals surface area contributed by atoms with Crippen LogP contribution in [0.1, 0.15) is 10.4 Å². The van der Waals surface area contributed by atoms with E-state index in [2.05, 4.69) is 15.0 Å². The molecule has 1 fully saturated rings. The van der Waals surface area contributed by atoms with E-state index in [0.29, 0.717) is 26.3 Å². The van der Waals surface area contributed by atoms with E-state index in [1.165, 1.54) is 5.01 Å². The normalized spacial score (nSPS) is 17.8. The molecule has 0 amide bonds. The second-order valence-electron chi connectivity index (χ2n) is 3.61. The second kappa shape index (κ2) is 5.02. The minimum absolute atomic E-state index is 0.393. The summed E-state index contributed by atoms with van der Waals surface area (Å²) in [6.07, 6.45) is 0.955. The lowest BCUT2D eigenvalue weighted by Gasteiger charge is -2.26. The van der Waals surface area contributed by atoms with Crippen molar-refractivity contribution >= 4 is 16.0 Å². The number of sulfonamides is 1. The first-order chi connectivity index (χ1) is 8.50. The highest BCUT2D eigenvalue weighted by atomic mass is 32.2. The number of aromatic carboxylic acids is 1. The van der Waals surface area contributed by atoms with Crippen LogP contribution in [-0.2, 0) is 14.8 Å². The maximum absolute atomic E-state index is 12.0. The number of hydrazine groups is 1. The van der Waals surface area contributed by atoms with Crippen molar-refractivity contribution in [2.24, 2.45) is 0 Å². The van der Waals surface area contributed by atoms with Crippen molar-refractivity contribution in [2.75, 3.05) is 26.3 Å². The predicted octanol–water partition coefficient (Wildman–Crippen LogP) is -1.37. The number of hydrogen-bond donors (Lipinski definition) is 3. The molecule has 0 atom stereocenters. The van der Waals surface area contributed by atoms with Gasteiger partial charge >= 0.3 is 5.97 Å². The van der Waals surface area contributed by atoms with Gasteiger partial charge in [-0.1, -0.05) is 0 Å². The van der Waals surface area contributed by atoms with Crippen LogP contribution in [0, 0.1) is 0 Å². The van der Waals surface area contributed by atoms with Crippen LogP contribution >= 0.6 is 0 Å². The molecule has 2 heterocycles. The van der Waals surface area contributed by atoms with E-state index in [0.717, 1.165) is 6.20 Å². The van der Waals surface area contributed by atoms with Crippen LogP contribution in [0.2, 0.25) is 0 Å². The molecule has 1 aromatic heterocycles. The number of ether oxygens (including phenoxy) is 1. The van der Waals surface area contributed by atoms with Gasteiger partial charge in [0.25, 0.3) is 10.0 Å². The number of aromatic nitrogens is 2. The number of nitrogens with zero attached hydrogens (tertiary/aromatic N) is 2. The summed E-state index contributed by atoms with van der Waals surface area (Å²) < 4.78 is 29.0. The van der Waals surface area contributed by atoms with Crippen LogP contribution in [0.25, 0.3) is 0 Å². The summed E-state index contributed by atoms with van der Waals surface area (Å²) >= 11 is 0. The average molecular weight is 276 g/mol. The van der Waals surface area contributed by atoms with E-state index in [-0.39, 0.29) is 0 Å². The number of H-pyrrole nitrogens is 1. The quantitative estimate of drug-likeness (QED) is 0.619. The first-order valence-corrected chi connectivity index (χ1v) is 6.61. The van der Waals surface area contributed by atoms with Crippen molar-refractivity contribution in [2.45, 2.75) is 5.03 Å². The Labute approximate surface area is 103 Å². The summed E-state index contributed by atoms with van der Waals surface area (Å²) in [6.45, 7) is 1.63. The number of rotatable bonds is 4. The van der Waals surface area contributed by atoms with Gasteiger partial charge in [0.15, 0.2) is 5.03 Å². The Hall–Kier alpha value is -1.49. The standard InChI is InChI=1S/C8H12N4O5S/c13-8(14)6-5-9-10-7(6)18(15,16)11-12-1-3-17-4-2-12/h5,11H,1-4H2,(H,9,10)(H,13,14). The van der Waals surface area contributed by atoms with Crippen molar-refractivity contribution in [3.8, 4) is 0 Å². The Kier molecular flexibility index (Phi) is 3.61. The zero-order valence-electron chi connectivity index (χ0n) is 9.29. The lowest BCUT2D eigenvalue weighted by molar-refractivity contribution is 0.0271. The number of carbonyl (C=O) groups is 1. The maximum Gasteiger partial charge on any atom is 0.340 e. The van der Waals surface area contributed by atoms with Gasteiger partial charge in [0.1, 0.15) is 5.56 Å². The third kappa shape index (κ3) is 2.67. The molecule has 0 spiro atoms. The summed E-state index contributed by atoms with van der Waals surface area (Å²) in [5.41, 5.74) is -0.393. The van der Waals surface area contributed by atoms with Crippen molar-refractivity contribution in [3.05, 3.63) is 11.8 Å². The molecule has 0 saturated carbocycles. The largest absolute Gasteiger partial charge is 0.478 e. The average Bonchev–Trinajstić information content (AvgIpc) is 2.79. The highest BCUT2D eigenvalue weighted by molar-refractivity contribution is 7.89. The Bertz CT molecular complexity index is 533. The number of aromatic amines is 1. The van der Waals surface area contributed by atoms with E-state index in [4.69, 9.17) is 9.84 Å². The Morgan fingerprint density at radius 3 is 2.78 bits per heavy atom. The number of morpholine rings is 1. The monoisotopic (exact) mass is 276 g/mol. The SMILES string of the molecule is O=C(O)c1cn[nH]c1S(=O)(=O)NN1CCOCC1. The Morgan fingerprint density at radius 2 is 2.17 bits per heavy atom. The van der Waals surface area contributed by atoms with Gasteiger partial charge in [-0.2, -0.15) is 5.10 Å². The third-order valence-corrected chi connectivity index (χ3v) is 3.71. The molecule has 0 bridgehead atoms. The lowest BCUT2D eigenvalue weighted by Crippen LogP contribution is -2.48. The van der Waals surface area contributed by atoms with Gasteiger partial charge in [-0.05, 0) is 0 Å². The lowest BCUT2D eigenvalue weighted by atomic mass is 10.4. The van der Waals surface area contributed by atoms with Crippen LogP contribution in [0.4, 0.5) is 0 Å². The molecule has 1 aliphatic heterocycles. The molecule has 1 saturated heterocycles. The molecule has 1 aromatic rings. The minimum atomic E-state index is -3.97. The van der Waals surface area contributed by atoms with Crippen LogP contribution < -0.4 is 4.83 Å². The summed E-state index contributed by atoms with van der Waals surface area (Å²) in [5.74, 6) is -1.36. The molecule has 100 valence electrons. The Balaban J connectivity index is 2.19. The van der Waals surface area contributed by atoms with Crippen molar-refractivity contribution < 1.29 is 23.1 Å². The summed E-state index contributed by atoms with van der Waals surface area (Å²) in [4.78, 5) is 13.1. The molecular weight excluding hydrogens is 264 g/mol. The van der Waals surface area contributed by atoms with E-state index < -0.39 is 26.6 Å². The molecule has 0 aromatic carbocycles. The Morgan fingerprint density at radius 1 is 1.50 bits per heavy atom. The van der Waals surface area contributed by atoms with Crippen molar-refractivity contribution in [1.82, 2.24) is 20.0 Å². The van der Waals surface area contributed by atoms with Gasteiger partial charge in [-0.15, -0.1) is 4.83 Å². The van der Waals surface area contributed by atoms with E-state index in [1.807, 2.05) is 0 Å². The smallest absolute Gasteiger partial charge is 0.340 e. The topological polar surface area (TPSA) is 125 Å². The minimum Gasteiger partial charge on any atom is -0.478 e. The molecule has 3 N–H and O–H groups in total. The maximum atomic E-state index is 12.0. The molecular formula is C8H12N4O5S. The van der Waals surface area contributed by atoms with Gasteiger partial charge in [-0.3, -0.25) is 5.10 Å². The molecule has 18 heavy (non-hydrogen) atoms. The molecule has 0 unspecified atom stereocenters. The molecule has 2 rings (SSSR count). The first-order valence-electron chi connectivity index (χ1n) is 5.12. The van der Waals surface area contributed by atoms with Crippen LogP contribution in [-0.4, -0.2) is 61.0 Å². The number of carboxylic acid groups (broad SMARTS) is 1. The molecule has 9 nitrogen and oxygen atoms in total. The van der Waals surface area contributed by atoms with Crippen molar-refractivity contribution in [1.29, 1.82) is 0 Å². The molecule has 0 radical (unpaired) electrons. The highest BCUT2D eigenvalue weighted by Crippen LogP contribution is 2.12. The molecule has 10 heteroatoms. The fraction of sp³-hybridized carbons (Fsp3) is 0.500. The fourth-order valence-electron chi connectivity index (χ4n) is 1.50. The molecule has 1 aliphatic rings. The first kappa shape index (κ1) is 13.0. The van der Waals surface area contributed by atoms with Crippen LogP contribution in [0.15, 0.2) is 11.2 Å². The van der Waals surface area contributed by atoms with Gasteiger partial charge in [0, 0.05) is 13.1 Å². The van der Waals surface area contributed by atoms with E-state index in [1.54, 1.807) is 0 Å². The van der Waals surface area contributed by atoms with Gasteiger partial charge in [0.2, 0.25) is 0 Å². The molecule has 0 aliphatic carbocycles. The van der Waals surface area contributed by atoms with E-state index in [9.17, 15) is 13.2 Å². The van der Waals surface area contributed by atoms with E-state index >= 15 is 0 Å². The van der Waals surface area contributed by atoms with Crippen LogP contribution in [0.3, 0.4) is 0 Å². The van der Waals surface area contributed by atoms with Crippen molar-refractivity contribution in [3.63, 3.8) is 0 Å². The number of hydrogen-bond acceptors (Lipinski definition) is 6. The fourth-order valence-corrected chi connectivity index (χ4v) is 2.72. The number of nitrogens with one attached hydrogen (secondary N) is 2. The summed E-state index contributed by atoms with van der Waals surface area (Å²) in [5, 5.41) is 15.4. The predicted molar refractivity (Wildman–Crippen MR) is 58.3 cm³/mol. The zero-order valence-corrected chi connectivity index (χ0v) is 10.1. The van der Waals surface area contributed by atoms with Crippen LogP contribution in [0.5, 0.6) is 0 Å². The van der Waals surface area contributed by atoms with Gasteiger partial charge < -0.3 is 9.84 Å². The third-order valence-electron chi connectivity index (χ3n) is 2.36. The van der Waals surface area contributed by atoms with Gasteiger partial charge in [0.05, 0.1) is 19.4 Å². The summed E-state index contributed by atoms with van der Waals surface area (Å²) in [7, 11) is -3.97. The highest BCUT2D eigenvalue weighted by Gasteiger charge is 2.27. The second-order valence-corrected chi connectivity index (χ2v) is 5.21. The summed E-state index contributed by atoms with van der Waals surface area (Å²) in [6, 6.07) is 0. The van der Waals surface area contributed by atoms with Gasteiger partial charge in [-0.25, -0.2) is 18.2 Å². The number of carboxylic acids is 1.